The number of carbonyl (C=O) groups is 1. The van der Waals surface area contributed by atoms with Crippen LogP contribution in [0.4, 0.5) is 0 Å². The van der Waals surface area contributed by atoms with Gasteiger partial charge in [0.05, 0.1) is 0 Å². The van der Waals surface area contributed by atoms with Gasteiger partial charge in [0.1, 0.15) is 17.1 Å². The summed E-state index contributed by atoms with van der Waals surface area (Å²) >= 11 is 0. The smallest absolute Gasteiger partial charge is 0.522 e. The first-order valence-electron chi connectivity index (χ1n) is 4.89. The zero-order chi connectivity index (χ0) is 12.1. The van der Waals surface area contributed by atoms with Gasteiger partial charge in [0.2, 0.25) is 0 Å². The highest BCUT2D eigenvalue weighted by molar-refractivity contribution is 6.43. The summed E-state index contributed by atoms with van der Waals surface area (Å²) in [5.74, 6) is -2.02. The Kier molecular flexibility index (Phi) is 4.19. The fraction of sp³-hybridized carbons (Fsp3) is 0.300. The molecule has 1 aliphatic rings. The van der Waals surface area contributed by atoms with Crippen molar-refractivity contribution < 1.29 is 24.7 Å². The summed E-state index contributed by atoms with van der Waals surface area (Å²) in [5, 5.41) is 27.8. The molecule has 16 heavy (non-hydrogen) atoms. The molecule has 0 saturated heterocycles. The quantitative estimate of drug-likeness (QED) is 0.583. The van der Waals surface area contributed by atoms with Crippen LogP contribution in [0.25, 0.3) is 0 Å². The Morgan fingerprint density at radius 2 is 2.25 bits per heavy atom. The fourth-order valence-electron chi connectivity index (χ4n) is 1.34. The molecule has 0 aromatic carbocycles. The van der Waals surface area contributed by atoms with E-state index in [2.05, 4.69) is 6.58 Å². The fourth-order valence-corrected chi connectivity index (χ4v) is 1.34. The van der Waals surface area contributed by atoms with Crippen LogP contribution in [0.5, 0.6) is 0 Å². The molecule has 0 fully saturated rings. The number of aliphatic carboxylic acids is 1. The lowest BCUT2D eigenvalue weighted by Gasteiger charge is -2.14. The molecule has 0 aliphatic carbocycles. The van der Waals surface area contributed by atoms with Gasteiger partial charge in [0.15, 0.2) is 0 Å². The van der Waals surface area contributed by atoms with Crippen molar-refractivity contribution in [1.82, 2.24) is 0 Å². The van der Waals surface area contributed by atoms with Crippen molar-refractivity contribution in [3.63, 3.8) is 0 Å². The third-order valence-corrected chi connectivity index (χ3v) is 2.12. The SMILES string of the molecule is C=C1OB(O)CCC/C=C\C(O)=C1C(=O)O. The van der Waals surface area contributed by atoms with Crippen LogP contribution < -0.4 is 0 Å². The number of carboxylic acids is 1. The summed E-state index contributed by atoms with van der Waals surface area (Å²) in [6, 6.07) is 0. The summed E-state index contributed by atoms with van der Waals surface area (Å²) in [6.45, 7) is 3.38. The number of aliphatic hydroxyl groups excluding tert-OH is 1. The number of allylic oxidation sites excluding steroid dienone is 2. The summed E-state index contributed by atoms with van der Waals surface area (Å²) in [4.78, 5) is 10.9. The molecular weight excluding hydrogens is 211 g/mol. The summed E-state index contributed by atoms with van der Waals surface area (Å²) < 4.78 is 4.90. The Hall–Kier alpha value is -1.69. The van der Waals surface area contributed by atoms with Crippen LogP contribution in [0.3, 0.4) is 0 Å². The van der Waals surface area contributed by atoms with E-state index in [0.29, 0.717) is 19.2 Å². The Morgan fingerprint density at radius 1 is 1.56 bits per heavy atom. The van der Waals surface area contributed by atoms with Gasteiger partial charge >= 0.3 is 13.1 Å². The molecule has 3 N–H and O–H groups in total. The lowest BCUT2D eigenvalue weighted by molar-refractivity contribution is -0.132. The van der Waals surface area contributed by atoms with E-state index in [0.717, 1.165) is 0 Å². The van der Waals surface area contributed by atoms with Crippen LogP contribution in [0, 0.1) is 0 Å². The van der Waals surface area contributed by atoms with Gasteiger partial charge in [-0.25, -0.2) is 4.79 Å². The molecule has 0 unspecified atom stereocenters. The second kappa shape index (κ2) is 5.41. The molecule has 0 aromatic heterocycles. The van der Waals surface area contributed by atoms with Crippen LogP contribution >= 0.6 is 0 Å². The average Bonchev–Trinajstić information content (AvgIpc) is 2.15. The molecule has 0 aromatic rings. The normalized spacial score (nSPS) is 20.3. The van der Waals surface area contributed by atoms with Crippen LogP contribution in [0.2, 0.25) is 6.32 Å². The molecule has 0 radical (unpaired) electrons. The first kappa shape index (κ1) is 12.4. The zero-order valence-corrected chi connectivity index (χ0v) is 8.72. The van der Waals surface area contributed by atoms with Crippen molar-refractivity contribution >= 4 is 13.1 Å². The molecule has 5 nitrogen and oxygen atoms in total. The van der Waals surface area contributed by atoms with Crippen molar-refractivity contribution in [1.29, 1.82) is 0 Å². The highest BCUT2D eigenvalue weighted by Crippen LogP contribution is 2.18. The van der Waals surface area contributed by atoms with Gasteiger partial charge < -0.3 is 19.9 Å². The summed E-state index contributed by atoms with van der Waals surface area (Å²) in [7, 11) is -1.10. The van der Waals surface area contributed by atoms with E-state index in [-0.39, 0.29) is 5.76 Å². The van der Waals surface area contributed by atoms with E-state index < -0.39 is 24.4 Å². The molecule has 0 bridgehead atoms. The summed E-state index contributed by atoms with van der Waals surface area (Å²) in [5.41, 5.74) is -0.433. The maximum absolute atomic E-state index is 10.9. The number of aliphatic hydroxyl groups is 1. The maximum atomic E-state index is 10.9. The number of hydrogen-bond acceptors (Lipinski definition) is 4. The minimum Gasteiger partial charge on any atom is -0.536 e. The van der Waals surface area contributed by atoms with Crippen molar-refractivity contribution in [2.45, 2.75) is 19.2 Å². The zero-order valence-electron chi connectivity index (χ0n) is 8.72. The number of hydrogen-bond donors (Lipinski definition) is 3. The maximum Gasteiger partial charge on any atom is 0.522 e. The molecule has 0 saturated carbocycles. The van der Waals surface area contributed by atoms with Gasteiger partial charge in [0.25, 0.3) is 0 Å². The number of rotatable bonds is 1. The highest BCUT2D eigenvalue weighted by Gasteiger charge is 2.23. The summed E-state index contributed by atoms with van der Waals surface area (Å²) in [6.07, 6.45) is 4.64. The Labute approximate surface area is 93.5 Å². The third-order valence-electron chi connectivity index (χ3n) is 2.12. The van der Waals surface area contributed by atoms with E-state index in [9.17, 15) is 14.9 Å². The van der Waals surface area contributed by atoms with Gasteiger partial charge in [0, 0.05) is 0 Å². The van der Waals surface area contributed by atoms with Gasteiger partial charge in [-0.2, -0.15) is 0 Å². The molecule has 1 aliphatic heterocycles. The predicted molar refractivity (Wildman–Crippen MR) is 58.7 cm³/mol. The lowest BCUT2D eigenvalue weighted by atomic mass is 9.82. The molecule has 0 spiro atoms. The molecule has 1 rings (SSSR count). The number of carboxylic acid groups (broad SMARTS) is 1. The molecule has 6 heteroatoms. The van der Waals surface area contributed by atoms with E-state index in [1.54, 1.807) is 6.08 Å². The van der Waals surface area contributed by atoms with Gasteiger partial charge in [-0.1, -0.05) is 19.1 Å². The molecular formula is C10H13BO5. The van der Waals surface area contributed by atoms with E-state index >= 15 is 0 Å². The minimum absolute atomic E-state index is 0.246. The molecule has 0 atom stereocenters. The monoisotopic (exact) mass is 224 g/mol. The first-order chi connectivity index (χ1) is 7.52. The minimum atomic E-state index is -1.35. The Bertz CT molecular complexity index is 358. The Morgan fingerprint density at radius 3 is 2.88 bits per heavy atom. The van der Waals surface area contributed by atoms with Gasteiger partial charge in [-0.15, -0.1) is 0 Å². The van der Waals surface area contributed by atoms with Gasteiger partial charge in [-0.05, 0) is 18.8 Å². The van der Waals surface area contributed by atoms with Crippen molar-refractivity contribution in [3.05, 3.63) is 35.8 Å². The van der Waals surface area contributed by atoms with Gasteiger partial charge in [-0.3, -0.25) is 0 Å². The van der Waals surface area contributed by atoms with Crippen molar-refractivity contribution in [3.8, 4) is 0 Å². The Balaban J connectivity index is 3.05. The topological polar surface area (TPSA) is 87.0 Å². The predicted octanol–water partition coefficient (Wildman–Crippen LogP) is 1.24. The average molecular weight is 224 g/mol. The lowest BCUT2D eigenvalue weighted by Crippen LogP contribution is -2.20. The van der Waals surface area contributed by atoms with E-state index in [1.165, 1.54) is 6.08 Å². The molecule has 86 valence electrons. The molecule has 1 heterocycles. The van der Waals surface area contributed by atoms with Crippen LogP contribution in [0.1, 0.15) is 12.8 Å². The van der Waals surface area contributed by atoms with Crippen LogP contribution in [0.15, 0.2) is 35.8 Å². The van der Waals surface area contributed by atoms with Crippen LogP contribution in [-0.4, -0.2) is 28.3 Å². The second-order valence-electron chi connectivity index (χ2n) is 3.39. The first-order valence-corrected chi connectivity index (χ1v) is 4.89. The van der Waals surface area contributed by atoms with E-state index in [1.807, 2.05) is 0 Å². The molecule has 0 amide bonds. The largest absolute Gasteiger partial charge is 0.536 e. The highest BCUT2D eigenvalue weighted by atomic mass is 16.5. The van der Waals surface area contributed by atoms with Crippen molar-refractivity contribution in [2.75, 3.05) is 0 Å². The second-order valence-corrected chi connectivity index (χ2v) is 3.39. The van der Waals surface area contributed by atoms with Crippen LogP contribution in [-0.2, 0) is 9.45 Å². The third kappa shape index (κ3) is 3.17. The standard InChI is InChI=1S/C10H13BO5/c1-7-9(10(13)14)8(12)5-3-2-4-6-11(15)16-7/h3,5,12,15H,1-2,4,6H2,(H,13,14)/b5-3-,9-8?. The van der Waals surface area contributed by atoms with Crippen molar-refractivity contribution in [2.24, 2.45) is 0 Å². The van der Waals surface area contributed by atoms with E-state index in [4.69, 9.17) is 9.76 Å².